The quantitative estimate of drug-likeness (QED) is 0.592. The lowest BCUT2D eigenvalue weighted by Gasteiger charge is -2.18. The first kappa shape index (κ1) is 14.0. The monoisotopic (exact) mass is 254 g/mol. The van der Waals surface area contributed by atoms with Crippen LogP contribution in [-0.2, 0) is 0 Å². The summed E-state index contributed by atoms with van der Waals surface area (Å²) in [5.74, 6) is 3.57. The number of thioether (sulfide) groups is 1. The molecular weight excluding hydrogens is 232 g/mol. The maximum atomic E-state index is 4.43. The Morgan fingerprint density at radius 3 is 2.50 bits per heavy atom. The van der Waals surface area contributed by atoms with E-state index in [4.69, 9.17) is 0 Å². The molecule has 1 rings (SSSR count). The Hall–Kier alpha value is -0.0800. The summed E-state index contributed by atoms with van der Waals surface area (Å²) in [6.45, 7) is 8.91. The zero-order chi connectivity index (χ0) is 12.1. The molecule has 0 nitrogen and oxygen atoms in total. The number of thiol groups is 1. The van der Waals surface area contributed by atoms with Crippen LogP contribution in [0.2, 0.25) is 0 Å². The van der Waals surface area contributed by atoms with Gasteiger partial charge in [0.1, 0.15) is 0 Å². The number of hydrogen-bond acceptors (Lipinski definition) is 2. The molecule has 2 heteroatoms. The molecule has 0 heterocycles. The second-order valence-corrected chi connectivity index (χ2v) is 6.19. The van der Waals surface area contributed by atoms with Crippen molar-refractivity contribution in [2.75, 3.05) is 11.5 Å². The van der Waals surface area contributed by atoms with E-state index in [0.717, 1.165) is 11.7 Å². The molecule has 0 bridgehead atoms. The van der Waals surface area contributed by atoms with E-state index in [0.29, 0.717) is 5.92 Å². The van der Waals surface area contributed by atoms with Crippen molar-refractivity contribution < 1.29 is 0 Å². The molecule has 0 spiro atoms. The molecular formula is C14H22S2. The Kier molecular flexibility index (Phi) is 5.77. The van der Waals surface area contributed by atoms with E-state index in [1.807, 2.05) is 11.8 Å². The van der Waals surface area contributed by atoms with Crippen LogP contribution in [0.5, 0.6) is 0 Å². The van der Waals surface area contributed by atoms with Crippen LogP contribution in [0, 0.1) is 25.7 Å². The normalized spacial score (nSPS) is 13.1. The van der Waals surface area contributed by atoms with Gasteiger partial charge in [-0.1, -0.05) is 31.5 Å². The predicted octanol–water partition coefficient (Wildman–Crippen LogP) is 4.60. The second kappa shape index (κ2) is 6.61. The van der Waals surface area contributed by atoms with Crippen molar-refractivity contribution in [2.24, 2.45) is 11.8 Å². The smallest absolute Gasteiger partial charge is 0.0104 e. The van der Waals surface area contributed by atoms with E-state index in [9.17, 15) is 0 Å². The maximum Gasteiger partial charge on any atom is 0.0104 e. The topological polar surface area (TPSA) is 0 Å². The molecule has 0 saturated heterocycles. The Morgan fingerprint density at radius 1 is 1.25 bits per heavy atom. The van der Waals surface area contributed by atoms with E-state index in [1.165, 1.54) is 21.8 Å². The zero-order valence-electron chi connectivity index (χ0n) is 10.7. The van der Waals surface area contributed by atoms with E-state index in [2.05, 4.69) is 58.5 Å². The highest BCUT2D eigenvalue weighted by atomic mass is 32.2. The standard InChI is InChI=1S/C14H22S2/c1-10(2)13(8-15)9-16-14-7-11(3)5-6-12(14)4/h5-7,10,13,15H,8-9H2,1-4H3. The second-order valence-electron chi connectivity index (χ2n) is 4.77. The fourth-order valence-corrected chi connectivity index (χ4v) is 3.70. The van der Waals surface area contributed by atoms with Crippen molar-refractivity contribution >= 4 is 24.4 Å². The Morgan fingerprint density at radius 2 is 1.94 bits per heavy atom. The van der Waals surface area contributed by atoms with Crippen LogP contribution in [0.1, 0.15) is 25.0 Å². The molecule has 0 aliphatic carbocycles. The van der Waals surface area contributed by atoms with Gasteiger partial charge in [0.05, 0.1) is 0 Å². The average molecular weight is 254 g/mol. The molecule has 0 aromatic heterocycles. The number of benzene rings is 1. The van der Waals surface area contributed by atoms with Crippen molar-refractivity contribution in [3.63, 3.8) is 0 Å². The number of aryl methyl sites for hydroxylation is 2. The Labute approximate surface area is 110 Å². The van der Waals surface area contributed by atoms with Crippen LogP contribution in [0.15, 0.2) is 23.1 Å². The van der Waals surface area contributed by atoms with Crippen LogP contribution in [0.3, 0.4) is 0 Å². The van der Waals surface area contributed by atoms with Gasteiger partial charge in [0.15, 0.2) is 0 Å². The number of hydrogen-bond donors (Lipinski definition) is 1. The van der Waals surface area contributed by atoms with Crippen LogP contribution in [0.25, 0.3) is 0 Å². The third-order valence-electron chi connectivity index (χ3n) is 2.97. The lowest BCUT2D eigenvalue weighted by Crippen LogP contribution is -2.13. The van der Waals surface area contributed by atoms with Gasteiger partial charge in [-0.25, -0.2) is 0 Å². The molecule has 0 aliphatic heterocycles. The van der Waals surface area contributed by atoms with E-state index < -0.39 is 0 Å². The highest BCUT2D eigenvalue weighted by Crippen LogP contribution is 2.28. The van der Waals surface area contributed by atoms with Crippen molar-refractivity contribution in [1.29, 1.82) is 0 Å². The van der Waals surface area contributed by atoms with Crippen LogP contribution >= 0.6 is 24.4 Å². The van der Waals surface area contributed by atoms with Crippen LogP contribution in [-0.4, -0.2) is 11.5 Å². The van der Waals surface area contributed by atoms with Gasteiger partial charge < -0.3 is 0 Å². The molecule has 0 saturated carbocycles. The van der Waals surface area contributed by atoms with E-state index in [1.54, 1.807) is 0 Å². The minimum Gasteiger partial charge on any atom is -0.179 e. The SMILES string of the molecule is Cc1ccc(C)c(SCC(CS)C(C)C)c1. The van der Waals surface area contributed by atoms with Crippen molar-refractivity contribution in [3.05, 3.63) is 29.3 Å². The lowest BCUT2D eigenvalue weighted by atomic mass is 10.0. The maximum absolute atomic E-state index is 4.43. The summed E-state index contributed by atoms with van der Waals surface area (Å²) in [6.07, 6.45) is 0. The molecule has 1 aromatic carbocycles. The summed E-state index contributed by atoms with van der Waals surface area (Å²) in [5, 5.41) is 0. The van der Waals surface area contributed by atoms with E-state index >= 15 is 0 Å². The van der Waals surface area contributed by atoms with Crippen LogP contribution < -0.4 is 0 Å². The molecule has 90 valence electrons. The first-order valence-electron chi connectivity index (χ1n) is 5.85. The summed E-state index contributed by atoms with van der Waals surface area (Å²) in [7, 11) is 0. The molecule has 0 fully saturated rings. The van der Waals surface area contributed by atoms with Gasteiger partial charge in [0, 0.05) is 10.6 Å². The van der Waals surface area contributed by atoms with Gasteiger partial charge >= 0.3 is 0 Å². The zero-order valence-corrected chi connectivity index (χ0v) is 12.4. The summed E-state index contributed by atoms with van der Waals surface area (Å²) >= 11 is 6.41. The van der Waals surface area contributed by atoms with Crippen molar-refractivity contribution in [2.45, 2.75) is 32.6 Å². The first-order valence-corrected chi connectivity index (χ1v) is 7.47. The highest BCUT2D eigenvalue weighted by molar-refractivity contribution is 7.99. The Balaban J connectivity index is 2.63. The van der Waals surface area contributed by atoms with Gasteiger partial charge in [-0.05, 0) is 43.1 Å². The fraction of sp³-hybridized carbons (Fsp3) is 0.571. The molecule has 16 heavy (non-hydrogen) atoms. The molecule has 0 radical (unpaired) electrons. The summed E-state index contributed by atoms with van der Waals surface area (Å²) < 4.78 is 0. The summed E-state index contributed by atoms with van der Waals surface area (Å²) in [5.41, 5.74) is 2.73. The van der Waals surface area contributed by atoms with Gasteiger partial charge in [-0.3, -0.25) is 0 Å². The van der Waals surface area contributed by atoms with Crippen molar-refractivity contribution in [3.8, 4) is 0 Å². The highest BCUT2D eigenvalue weighted by Gasteiger charge is 2.12. The van der Waals surface area contributed by atoms with Crippen LogP contribution in [0.4, 0.5) is 0 Å². The molecule has 0 amide bonds. The molecule has 0 N–H and O–H groups in total. The summed E-state index contributed by atoms with van der Waals surface area (Å²) in [6, 6.07) is 6.68. The first-order chi connectivity index (χ1) is 7.54. The van der Waals surface area contributed by atoms with E-state index in [-0.39, 0.29) is 0 Å². The lowest BCUT2D eigenvalue weighted by molar-refractivity contribution is 0.473. The molecule has 1 atom stereocenters. The molecule has 1 aromatic rings. The largest absolute Gasteiger partial charge is 0.179 e. The minimum absolute atomic E-state index is 0.702. The number of rotatable bonds is 5. The third kappa shape index (κ3) is 4.06. The van der Waals surface area contributed by atoms with Crippen molar-refractivity contribution in [1.82, 2.24) is 0 Å². The van der Waals surface area contributed by atoms with Gasteiger partial charge in [0.2, 0.25) is 0 Å². The van der Waals surface area contributed by atoms with Gasteiger partial charge in [-0.2, -0.15) is 12.6 Å². The minimum atomic E-state index is 0.702. The van der Waals surface area contributed by atoms with Gasteiger partial charge in [-0.15, -0.1) is 11.8 Å². The summed E-state index contributed by atoms with van der Waals surface area (Å²) in [4.78, 5) is 1.42. The van der Waals surface area contributed by atoms with Gasteiger partial charge in [0.25, 0.3) is 0 Å². The molecule has 0 aliphatic rings. The predicted molar refractivity (Wildman–Crippen MR) is 78.8 cm³/mol. The average Bonchev–Trinajstić information content (AvgIpc) is 2.23. The molecule has 1 unspecified atom stereocenters. The Bertz CT molecular complexity index is 332. The fourth-order valence-electron chi connectivity index (χ4n) is 1.52. The third-order valence-corrected chi connectivity index (χ3v) is 4.79.